The summed E-state index contributed by atoms with van der Waals surface area (Å²) in [5.74, 6) is -3.79. The predicted octanol–water partition coefficient (Wildman–Crippen LogP) is 2.38. The lowest BCUT2D eigenvalue weighted by Gasteiger charge is -2.43. The molecule has 134 valence electrons. The van der Waals surface area contributed by atoms with E-state index in [-0.39, 0.29) is 39.6 Å². The van der Waals surface area contributed by atoms with E-state index in [1.807, 2.05) is 0 Å². The van der Waals surface area contributed by atoms with Gasteiger partial charge < -0.3 is 18.9 Å². The van der Waals surface area contributed by atoms with Crippen molar-refractivity contribution in [3.8, 4) is 0 Å². The van der Waals surface area contributed by atoms with Crippen LogP contribution in [0.5, 0.6) is 0 Å². The van der Waals surface area contributed by atoms with Crippen LogP contribution in [0, 0.1) is 0 Å². The van der Waals surface area contributed by atoms with Crippen LogP contribution < -0.4 is 0 Å². The zero-order valence-corrected chi connectivity index (χ0v) is 14.5. The molecule has 8 heteroatoms. The molecule has 22 heavy (non-hydrogen) atoms. The summed E-state index contributed by atoms with van der Waals surface area (Å²) in [4.78, 5) is 20.7. The molecule has 0 aliphatic heterocycles. The maximum atomic E-state index is 5.62. The number of hydrogen-bond acceptors (Lipinski definition) is 8. The zero-order valence-electron chi connectivity index (χ0n) is 14.5. The molecule has 0 rings (SSSR count). The molecule has 0 fully saturated rings. The smallest absolute Gasteiger partial charge is 0.319 e. The molecule has 0 aromatic heterocycles. The molecule has 8 nitrogen and oxygen atoms in total. The minimum absolute atomic E-state index is 0.241. The highest BCUT2D eigenvalue weighted by Crippen LogP contribution is 2.36. The second kappa shape index (κ2) is 12.1. The molecule has 0 atom stereocenters. The first-order valence-corrected chi connectivity index (χ1v) is 7.78. The molecular formula is C14H30O8. The van der Waals surface area contributed by atoms with Crippen molar-refractivity contribution in [3.63, 3.8) is 0 Å². The van der Waals surface area contributed by atoms with E-state index in [9.17, 15) is 0 Å². The Labute approximate surface area is 132 Å². The fraction of sp³-hybridized carbons (Fsp3) is 1.00. The first-order chi connectivity index (χ1) is 10.6. The van der Waals surface area contributed by atoms with Crippen LogP contribution in [0.2, 0.25) is 0 Å². The quantitative estimate of drug-likeness (QED) is 0.258. The predicted molar refractivity (Wildman–Crippen MR) is 77.4 cm³/mol. The summed E-state index contributed by atoms with van der Waals surface area (Å²) in [6.07, 6.45) is 0. The lowest BCUT2D eigenvalue weighted by atomic mass is 10.4. The van der Waals surface area contributed by atoms with E-state index in [0.29, 0.717) is 0 Å². The maximum absolute atomic E-state index is 5.62. The average molecular weight is 326 g/mol. The molecule has 0 heterocycles. The third kappa shape index (κ3) is 5.71. The first kappa shape index (κ1) is 21.7. The van der Waals surface area contributed by atoms with Crippen molar-refractivity contribution in [1.82, 2.24) is 0 Å². The van der Waals surface area contributed by atoms with Gasteiger partial charge in [-0.3, -0.25) is 0 Å². The van der Waals surface area contributed by atoms with Crippen LogP contribution in [0.1, 0.15) is 41.5 Å². The van der Waals surface area contributed by atoms with E-state index in [4.69, 9.17) is 38.5 Å². The lowest BCUT2D eigenvalue weighted by Crippen LogP contribution is -2.64. The van der Waals surface area contributed by atoms with Crippen LogP contribution in [0.4, 0.5) is 0 Å². The maximum Gasteiger partial charge on any atom is 0.399 e. The summed E-state index contributed by atoms with van der Waals surface area (Å²) in [6.45, 7) is 12.1. The molecule has 0 saturated carbocycles. The van der Waals surface area contributed by atoms with E-state index < -0.39 is 11.9 Å². The summed E-state index contributed by atoms with van der Waals surface area (Å²) in [5, 5.41) is 0. The Morgan fingerprint density at radius 2 is 0.727 bits per heavy atom. The van der Waals surface area contributed by atoms with Crippen molar-refractivity contribution >= 4 is 0 Å². The van der Waals surface area contributed by atoms with Gasteiger partial charge in [-0.2, -0.15) is 9.78 Å². The second-order valence-electron chi connectivity index (χ2n) is 3.82. The Bertz CT molecular complexity index is 223. The molecule has 0 aliphatic rings. The standard InChI is InChI=1S/C14H30O8/c1-7-15-13(16-8-2,21-19-11-5)14(17-9-3,18-10-4)22-20-12-6/h7-12H2,1-6H3. The van der Waals surface area contributed by atoms with Gasteiger partial charge in [0.25, 0.3) is 0 Å². The van der Waals surface area contributed by atoms with Gasteiger partial charge in [-0.15, -0.1) is 0 Å². The van der Waals surface area contributed by atoms with Crippen molar-refractivity contribution < 1.29 is 38.5 Å². The summed E-state index contributed by atoms with van der Waals surface area (Å²) < 4.78 is 22.5. The molecule has 0 aromatic rings. The Morgan fingerprint density at radius 1 is 0.455 bits per heavy atom. The third-order valence-corrected chi connectivity index (χ3v) is 2.29. The first-order valence-electron chi connectivity index (χ1n) is 7.78. The van der Waals surface area contributed by atoms with Gasteiger partial charge in [0.15, 0.2) is 0 Å². The van der Waals surface area contributed by atoms with E-state index in [2.05, 4.69) is 0 Å². The number of rotatable bonds is 15. The number of hydrogen-bond donors (Lipinski definition) is 0. The van der Waals surface area contributed by atoms with Crippen LogP contribution >= 0.6 is 0 Å². The van der Waals surface area contributed by atoms with Gasteiger partial charge in [0.2, 0.25) is 0 Å². The highest BCUT2D eigenvalue weighted by Gasteiger charge is 2.63. The molecule has 0 spiro atoms. The summed E-state index contributed by atoms with van der Waals surface area (Å²) in [5.41, 5.74) is 0. The molecule has 0 aromatic carbocycles. The van der Waals surface area contributed by atoms with E-state index in [1.165, 1.54) is 0 Å². The summed E-state index contributed by atoms with van der Waals surface area (Å²) in [6, 6.07) is 0. The Morgan fingerprint density at radius 3 is 0.909 bits per heavy atom. The van der Waals surface area contributed by atoms with Crippen LogP contribution in [0.15, 0.2) is 0 Å². The van der Waals surface area contributed by atoms with Gasteiger partial charge >= 0.3 is 11.9 Å². The molecular weight excluding hydrogens is 296 g/mol. The molecule has 0 N–H and O–H groups in total. The zero-order chi connectivity index (χ0) is 16.9. The van der Waals surface area contributed by atoms with Crippen molar-refractivity contribution in [2.45, 2.75) is 53.5 Å². The Balaban J connectivity index is 5.69. The van der Waals surface area contributed by atoms with Gasteiger partial charge in [-0.05, 0) is 41.5 Å². The van der Waals surface area contributed by atoms with Crippen molar-refractivity contribution in [1.29, 1.82) is 0 Å². The van der Waals surface area contributed by atoms with E-state index in [0.717, 1.165) is 0 Å². The van der Waals surface area contributed by atoms with Gasteiger partial charge in [0.05, 0.1) is 39.6 Å². The van der Waals surface area contributed by atoms with E-state index >= 15 is 0 Å². The largest absolute Gasteiger partial charge is 0.399 e. The SMILES string of the molecule is CCOOC(OCC)(OCC)C(OCC)(OCC)OOCC. The normalized spacial score (nSPS) is 12.8. The van der Waals surface area contributed by atoms with Gasteiger partial charge in [0.1, 0.15) is 0 Å². The molecule has 0 amide bonds. The highest BCUT2D eigenvalue weighted by atomic mass is 17.3. The minimum atomic E-state index is -1.90. The van der Waals surface area contributed by atoms with Crippen molar-refractivity contribution in [2.24, 2.45) is 0 Å². The monoisotopic (exact) mass is 326 g/mol. The van der Waals surface area contributed by atoms with Crippen LogP contribution in [-0.4, -0.2) is 51.6 Å². The van der Waals surface area contributed by atoms with Gasteiger partial charge in [0, 0.05) is 0 Å². The second-order valence-corrected chi connectivity index (χ2v) is 3.82. The summed E-state index contributed by atoms with van der Waals surface area (Å²) >= 11 is 0. The third-order valence-electron chi connectivity index (χ3n) is 2.29. The van der Waals surface area contributed by atoms with E-state index in [1.54, 1.807) is 41.5 Å². The fourth-order valence-corrected chi connectivity index (χ4v) is 1.67. The van der Waals surface area contributed by atoms with Crippen LogP contribution in [-0.2, 0) is 38.5 Å². The lowest BCUT2D eigenvalue weighted by molar-refractivity contribution is -0.652. The molecule has 0 aliphatic carbocycles. The Hall–Kier alpha value is -0.320. The molecule has 0 bridgehead atoms. The van der Waals surface area contributed by atoms with Crippen LogP contribution in [0.3, 0.4) is 0 Å². The van der Waals surface area contributed by atoms with Crippen molar-refractivity contribution in [2.75, 3.05) is 39.6 Å². The molecule has 0 unspecified atom stereocenters. The number of ether oxygens (including phenoxy) is 4. The molecule has 0 saturated heterocycles. The molecule has 0 radical (unpaired) electrons. The topological polar surface area (TPSA) is 73.8 Å². The van der Waals surface area contributed by atoms with Crippen LogP contribution in [0.25, 0.3) is 0 Å². The van der Waals surface area contributed by atoms with Gasteiger partial charge in [-0.1, -0.05) is 0 Å². The summed E-state index contributed by atoms with van der Waals surface area (Å²) in [7, 11) is 0. The van der Waals surface area contributed by atoms with Gasteiger partial charge in [-0.25, -0.2) is 9.78 Å². The fourth-order valence-electron chi connectivity index (χ4n) is 1.67. The Kier molecular flexibility index (Phi) is 12.0. The average Bonchev–Trinajstić information content (AvgIpc) is 2.51. The highest BCUT2D eigenvalue weighted by molar-refractivity contribution is 4.72. The minimum Gasteiger partial charge on any atom is -0.319 e. The van der Waals surface area contributed by atoms with Crippen molar-refractivity contribution in [3.05, 3.63) is 0 Å².